The molecule has 1 amide bonds. The molecule has 106 valence electrons. The molecule has 0 aliphatic carbocycles. The number of amides is 1. The molecule has 1 unspecified atom stereocenters. The fraction of sp³-hybridized carbons (Fsp3) is 0.417. The summed E-state index contributed by atoms with van der Waals surface area (Å²) in [6.45, 7) is -0.269. The number of nitrogens with one attached hydrogen (secondary N) is 1. The van der Waals surface area contributed by atoms with Crippen LogP contribution in [-0.2, 0) is 4.79 Å². The van der Waals surface area contributed by atoms with Crippen molar-refractivity contribution in [3.05, 3.63) is 28.2 Å². The Morgan fingerprint density at radius 3 is 2.58 bits per heavy atom. The minimum Gasteiger partial charge on any atom is -0.394 e. The molecule has 0 radical (unpaired) electrons. The molecular formula is C12H15Cl2NO3S. The van der Waals surface area contributed by atoms with Crippen LogP contribution < -0.4 is 5.32 Å². The summed E-state index contributed by atoms with van der Waals surface area (Å²) >= 11 is 13.3. The number of benzene rings is 1. The Labute approximate surface area is 126 Å². The van der Waals surface area contributed by atoms with E-state index in [1.807, 2.05) is 0 Å². The lowest BCUT2D eigenvalue weighted by molar-refractivity contribution is -0.115. The number of aliphatic hydroxyl groups excluding tert-OH is 2. The first-order chi connectivity index (χ1) is 9.04. The Morgan fingerprint density at radius 1 is 1.37 bits per heavy atom. The first-order valence-corrected chi connectivity index (χ1v) is 7.56. The Morgan fingerprint density at radius 2 is 2.00 bits per heavy atom. The van der Waals surface area contributed by atoms with E-state index in [1.165, 1.54) is 11.8 Å². The lowest BCUT2D eigenvalue weighted by atomic mass is 10.3. The molecule has 0 heterocycles. The maximum absolute atomic E-state index is 11.7. The highest BCUT2D eigenvalue weighted by Gasteiger charge is 2.09. The molecule has 3 N–H and O–H groups in total. The van der Waals surface area contributed by atoms with Gasteiger partial charge in [-0.05, 0) is 12.1 Å². The SMILES string of the molecule is O=C(CCSCC(O)CO)Nc1c(Cl)cccc1Cl. The molecule has 1 atom stereocenters. The fourth-order valence-corrected chi connectivity index (χ4v) is 2.62. The Balaban J connectivity index is 2.35. The number of thioether (sulfide) groups is 1. The van der Waals surface area contributed by atoms with Crippen LogP contribution in [0.15, 0.2) is 18.2 Å². The predicted octanol–water partition coefficient (Wildman–Crippen LogP) is 2.41. The lowest BCUT2D eigenvalue weighted by Gasteiger charge is -2.09. The molecule has 1 aromatic rings. The van der Waals surface area contributed by atoms with Gasteiger partial charge in [-0.2, -0.15) is 11.8 Å². The molecule has 0 saturated heterocycles. The number of aliphatic hydroxyl groups is 2. The maximum Gasteiger partial charge on any atom is 0.225 e. The summed E-state index contributed by atoms with van der Waals surface area (Å²) < 4.78 is 0. The summed E-state index contributed by atoms with van der Waals surface area (Å²) in [7, 11) is 0. The van der Waals surface area contributed by atoms with Gasteiger partial charge in [0.1, 0.15) is 0 Å². The zero-order valence-corrected chi connectivity index (χ0v) is 12.4. The van der Waals surface area contributed by atoms with E-state index in [2.05, 4.69) is 5.32 Å². The molecule has 0 aromatic heterocycles. The minimum absolute atomic E-state index is 0.194. The van der Waals surface area contributed by atoms with Crippen LogP contribution in [0.2, 0.25) is 10.0 Å². The number of carbonyl (C=O) groups excluding carboxylic acids is 1. The molecule has 0 fully saturated rings. The molecule has 4 nitrogen and oxygen atoms in total. The number of hydrogen-bond donors (Lipinski definition) is 3. The van der Waals surface area contributed by atoms with Crippen LogP contribution in [0, 0.1) is 0 Å². The smallest absolute Gasteiger partial charge is 0.225 e. The van der Waals surface area contributed by atoms with Crippen molar-refractivity contribution in [3.8, 4) is 0 Å². The van der Waals surface area contributed by atoms with Crippen LogP contribution in [0.1, 0.15) is 6.42 Å². The zero-order valence-electron chi connectivity index (χ0n) is 10.1. The fourth-order valence-electron chi connectivity index (χ4n) is 1.26. The van der Waals surface area contributed by atoms with Gasteiger partial charge in [-0.1, -0.05) is 29.3 Å². The highest BCUT2D eigenvalue weighted by atomic mass is 35.5. The van der Waals surface area contributed by atoms with E-state index in [1.54, 1.807) is 18.2 Å². The van der Waals surface area contributed by atoms with Crippen molar-refractivity contribution in [1.29, 1.82) is 0 Å². The lowest BCUT2D eigenvalue weighted by Crippen LogP contribution is -2.16. The summed E-state index contributed by atoms with van der Waals surface area (Å²) in [4.78, 5) is 11.7. The van der Waals surface area contributed by atoms with Crippen LogP contribution in [0.3, 0.4) is 0 Å². The molecule has 1 rings (SSSR count). The number of hydrogen-bond acceptors (Lipinski definition) is 4. The van der Waals surface area contributed by atoms with Gasteiger partial charge in [0.25, 0.3) is 0 Å². The highest BCUT2D eigenvalue weighted by Crippen LogP contribution is 2.29. The third-order valence-electron chi connectivity index (χ3n) is 2.22. The van der Waals surface area contributed by atoms with Crippen LogP contribution >= 0.6 is 35.0 Å². The Hall–Kier alpha value is -0.460. The molecule has 0 spiro atoms. The van der Waals surface area contributed by atoms with Crippen LogP contribution in [0.25, 0.3) is 0 Å². The van der Waals surface area contributed by atoms with Gasteiger partial charge in [-0.15, -0.1) is 0 Å². The van der Waals surface area contributed by atoms with Crippen molar-refractivity contribution in [3.63, 3.8) is 0 Å². The number of carbonyl (C=O) groups is 1. The second-order valence-corrected chi connectivity index (χ2v) is 5.77. The van der Waals surface area contributed by atoms with Gasteiger partial charge >= 0.3 is 0 Å². The van der Waals surface area contributed by atoms with Crippen molar-refractivity contribution in [2.45, 2.75) is 12.5 Å². The maximum atomic E-state index is 11.7. The number of halogens is 2. The molecule has 0 bridgehead atoms. The second-order valence-electron chi connectivity index (χ2n) is 3.81. The Bertz CT molecular complexity index is 411. The molecule has 7 heteroatoms. The first-order valence-electron chi connectivity index (χ1n) is 5.65. The van der Waals surface area contributed by atoms with Crippen molar-refractivity contribution in [1.82, 2.24) is 0 Å². The molecule has 0 aliphatic heterocycles. The standard InChI is InChI=1S/C12H15Cl2NO3S/c13-9-2-1-3-10(14)12(9)15-11(18)4-5-19-7-8(17)6-16/h1-3,8,16-17H,4-7H2,(H,15,18). The minimum atomic E-state index is -0.744. The zero-order chi connectivity index (χ0) is 14.3. The van der Waals surface area contributed by atoms with Crippen molar-refractivity contribution in [2.24, 2.45) is 0 Å². The van der Waals surface area contributed by atoms with E-state index in [0.717, 1.165) is 0 Å². The number of anilines is 1. The van der Waals surface area contributed by atoms with Crippen molar-refractivity contribution in [2.75, 3.05) is 23.4 Å². The van der Waals surface area contributed by atoms with Gasteiger partial charge < -0.3 is 15.5 Å². The summed E-state index contributed by atoms with van der Waals surface area (Å²) in [5.41, 5.74) is 0.413. The van der Waals surface area contributed by atoms with Crippen LogP contribution in [0.5, 0.6) is 0 Å². The monoisotopic (exact) mass is 323 g/mol. The summed E-state index contributed by atoms with van der Waals surface area (Å²) in [5, 5.41) is 21.2. The number of rotatable bonds is 7. The molecular weight excluding hydrogens is 309 g/mol. The molecule has 0 saturated carbocycles. The van der Waals surface area contributed by atoms with Gasteiger partial charge in [-0.25, -0.2) is 0 Å². The van der Waals surface area contributed by atoms with E-state index in [9.17, 15) is 4.79 Å². The molecule has 19 heavy (non-hydrogen) atoms. The highest BCUT2D eigenvalue weighted by molar-refractivity contribution is 7.99. The predicted molar refractivity (Wildman–Crippen MR) is 80.1 cm³/mol. The summed E-state index contributed by atoms with van der Waals surface area (Å²) in [6.07, 6.45) is -0.462. The van der Waals surface area contributed by atoms with E-state index >= 15 is 0 Å². The van der Waals surface area contributed by atoms with Gasteiger partial charge in [0, 0.05) is 17.9 Å². The average Bonchev–Trinajstić information content (AvgIpc) is 2.39. The Kier molecular flexibility index (Phi) is 7.56. The van der Waals surface area contributed by atoms with Gasteiger partial charge in [0.05, 0.1) is 28.4 Å². The van der Waals surface area contributed by atoms with Crippen LogP contribution in [0.4, 0.5) is 5.69 Å². The van der Waals surface area contributed by atoms with Crippen molar-refractivity contribution < 1.29 is 15.0 Å². The van der Waals surface area contributed by atoms with Gasteiger partial charge in [0.2, 0.25) is 5.91 Å². The van der Waals surface area contributed by atoms with Gasteiger partial charge in [0.15, 0.2) is 0 Å². The van der Waals surface area contributed by atoms with Gasteiger partial charge in [-0.3, -0.25) is 4.79 Å². The van der Waals surface area contributed by atoms with E-state index < -0.39 is 6.10 Å². The normalized spacial score (nSPS) is 12.2. The van der Waals surface area contributed by atoms with Crippen molar-refractivity contribution >= 4 is 46.6 Å². The average molecular weight is 324 g/mol. The summed E-state index contributed by atoms with van der Waals surface area (Å²) in [5.74, 6) is 0.752. The molecule has 1 aromatic carbocycles. The first kappa shape index (κ1) is 16.6. The number of para-hydroxylation sites is 1. The third-order valence-corrected chi connectivity index (χ3v) is 3.96. The largest absolute Gasteiger partial charge is 0.394 e. The molecule has 0 aliphatic rings. The second kappa shape index (κ2) is 8.66. The van der Waals surface area contributed by atoms with E-state index in [4.69, 9.17) is 33.4 Å². The van der Waals surface area contributed by atoms with Crippen LogP contribution in [-0.4, -0.2) is 40.3 Å². The topological polar surface area (TPSA) is 69.6 Å². The van der Waals surface area contributed by atoms with E-state index in [-0.39, 0.29) is 18.9 Å². The third kappa shape index (κ3) is 6.01. The quantitative estimate of drug-likeness (QED) is 0.674. The van der Waals surface area contributed by atoms with E-state index in [0.29, 0.717) is 27.2 Å². The summed E-state index contributed by atoms with van der Waals surface area (Å²) in [6, 6.07) is 5.00.